The molecule has 0 saturated heterocycles. The summed E-state index contributed by atoms with van der Waals surface area (Å²) in [6.45, 7) is 3.29. The van der Waals surface area contributed by atoms with E-state index in [9.17, 15) is 9.59 Å². The summed E-state index contributed by atoms with van der Waals surface area (Å²) in [7, 11) is -1.89. The predicted molar refractivity (Wildman–Crippen MR) is 189 cm³/mol. The predicted octanol–water partition coefficient (Wildman–Crippen LogP) is 7.86. The lowest BCUT2D eigenvalue weighted by Gasteiger charge is -2.27. The van der Waals surface area contributed by atoms with E-state index >= 15 is 0 Å². The Bertz CT molecular complexity index is 1650. The molecule has 0 N–H and O–H groups in total. The summed E-state index contributed by atoms with van der Waals surface area (Å²) in [4.78, 5) is 23.0. The number of unbranched alkanes of at least 4 members (excludes halogenated alkanes) is 1. The highest BCUT2D eigenvalue weighted by atomic mass is 31.2. The Hall–Kier alpha value is -4.99. The summed E-state index contributed by atoms with van der Waals surface area (Å²) in [5.41, 5.74) is 1.76. The van der Waals surface area contributed by atoms with Crippen molar-refractivity contribution >= 4 is 47.3 Å². The summed E-state index contributed by atoms with van der Waals surface area (Å²) in [5.74, 6) is 0.808. The van der Waals surface area contributed by atoms with Crippen molar-refractivity contribution in [1.82, 2.24) is 0 Å². The first-order valence-electron chi connectivity index (χ1n) is 15.4. The van der Waals surface area contributed by atoms with Crippen LogP contribution in [0.25, 0.3) is 12.2 Å². The van der Waals surface area contributed by atoms with Gasteiger partial charge in [-0.05, 0) is 84.6 Å². The molecular weight excluding hydrogens is 591 g/mol. The molecule has 0 fully saturated rings. The molecule has 0 unspecified atom stereocenters. The van der Waals surface area contributed by atoms with E-state index in [1.54, 1.807) is 24.3 Å². The maximum absolute atomic E-state index is 11.8. The summed E-state index contributed by atoms with van der Waals surface area (Å²) >= 11 is 0. The van der Waals surface area contributed by atoms with Crippen LogP contribution in [0.15, 0.2) is 133 Å². The van der Waals surface area contributed by atoms with Gasteiger partial charge in [-0.25, -0.2) is 0 Å². The van der Waals surface area contributed by atoms with Gasteiger partial charge < -0.3 is 14.2 Å². The standard InChI is InChI=1S/C40H38O5P/c1-31(41)44-35-24-22-33(23-25-35)20-21-34-28-36(30-37(29-34)45-32(2)42)43-26-12-13-27-46(38-14-6-3-7-15-38,39-16-8-4-9-17-39)40-18-10-5-11-19-40/h3-11,14-25,28-30H,12-13,26-27H2,1-2H3/q+1/b21-20+. The molecule has 0 atom stereocenters. The van der Waals surface area contributed by atoms with Crippen molar-refractivity contribution in [3.8, 4) is 17.2 Å². The molecule has 5 aromatic carbocycles. The Morgan fingerprint density at radius 1 is 0.543 bits per heavy atom. The Morgan fingerprint density at radius 2 is 1.02 bits per heavy atom. The Balaban J connectivity index is 1.31. The second kappa shape index (κ2) is 15.8. The second-order valence-electron chi connectivity index (χ2n) is 10.9. The van der Waals surface area contributed by atoms with Crippen LogP contribution in [-0.2, 0) is 9.59 Å². The molecule has 46 heavy (non-hydrogen) atoms. The number of carbonyl (C=O) groups excluding carboxylic acids is 2. The fourth-order valence-electron chi connectivity index (χ4n) is 5.53. The SMILES string of the molecule is CC(=O)Oc1ccc(/C=C/c2cc(OCCCC[P+](c3ccccc3)(c3ccccc3)c3ccccc3)cc(OC(C)=O)c2)cc1. The first-order valence-corrected chi connectivity index (χ1v) is 17.4. The highest BCUT2D eigenvalue weighted by molar-refractivity contribution is 7.95. The molecule has 0 heterocycles. The highest BCUT2D eigenvalue weighted by Gasteiger charge is 2.44. The van der Waals surface area contributed by atoms with E-state index < -0.39 is 13.2 Å². The van der Waals surface area contributed by atoms with Gasteiger partial charge >= 0.3 is 11.9 Å². The van der Waals surface area contributed by atoms with Gasteiger partial charge in [-0.3, -0.25) is 9.59 Å². The van der Waals surface area contributed by atoms with Crippen LogP contribution in [-0.4, -0.2) is 24.7 Å². The maximum atomic E-state index is 11.8. The van der Waals surface area contributed by atoms with E-state index in [4.69, 9.17) is 14.2 Å². The fourth-order valence-corrected chi connectivity index (χ4v) is 9.94. The summed E-state index contributed by atoms with van der Waals surface area (Å²) in [5, 5.41) is 4.12. The Morgan fingerprint density at radius 3 is 1.54 bits per heavy atom. The summed E-state index contributed by atoms with van der Waals surface area (Å²) in [6.07, 6.45) is 6.73. The van der Waals surface area contributed by atoms with E-state index in [1.165, 1.54) is 29.8 Å². The summed E-state index contributed by atoms with van der Waals surface area (Å²) < 4.78 is 16.8. The number of hydrogen-bond donors (Lipinski definition) is 0. The molecule has 0 amide bonds. The topological polar surface area (TPSA) is 61.8 Å². The number of carbonyl (C=O) groups is 2. The Kier molecular flexibility index (Phi) is 11.2. The number of hydrogen-bond acceptors (Lipinski definition) is 5. The highest BCUT2D eigenvalue weighted by Crippen LogP contribution is 2.55. The van der Waals surface area contributed by atoms with E-state index in [0.717, 1.165) is 30.1 Å². The van der Waals surface area contributed by atoms with Gasteiger partial charge in [-0.2, -0.15) is 0 Å². The minimum atomic E-state index is -1.89. The first kappa shape index (κ1) is 32.4. The lowest BCUT2D eigenvalue weighted by Crippen LogP contribution is -2.33. The molecule has 5 aromatic rings. The quantitative estimate of drug-likeness (QED) is 0.0436. The van der Waals surface area contributed by atoms with Crippen LogP contribution in [0, 0.1) is 0 Å². The molecule has 0 bridgehead atoms. The van der Waals surface area contributed by atoms with Crippen LogP contribution in [0.5, 0.6) is 17.2 Å². The van der Waals surface area contributed by atoms with Gasteiger partial charge in [0.1, 0.15) is 40.4 Å². The van der Waals surface area contributed by atoms with Gasteiger partial charge in [0.15, 0.2) is 0 Å². The number of benzene rings is 5. The number of ether oxygens (including phenoxy) is 3. The average Bonchev–Trinajstić information content (AvgIpc) is 3.07. The van der Waals surface area contributed by atoms with Gasteiger partial charge in [0.25, 0.3) is 0 Å². The van der Waals surface area contributed by atoms with Gasteiger partial charge in [0.2, 0.25) is 0 Å². The van der Waals surface area contributed by atoms with E-state index in [2.05, 4.69) is 91.0 Å². The molecule has 0 aromatic heterocycles. The third-order valence-electron chi connectivity index (χ3n) is 7.52. The van der Waals surface area contributed by atoms with Crippen molar-refractivity contribution in [3.63, 3.8) is 0 Å². The summed E-state index contributed by atoms with van der Waals surface area (Å²) in [6, 6.07) is 45.4. The van der Waals surface area contributed by atoms with Gasteiger partial charge in [-0.1, -0.05) is 78.9 Å². The third kappa shape index (κ3) is 8.59. The lowest BCUT2D eigenvalue weighted by atomic mass is 10.1. The minimum Gasteiger partial charge on any atom is -0.493 e. The minimum absolute atomic E-state index is 0.359. The first-order chi connectivity index (χ1) is 22.4. The molecule has 0 spiro atoms. The molecule has 0 aliphatic rings. The Labute approximate surface area is 271 Å². The van der Waals surface area contributed by atoms with Crippen molar-refractivity contribution in [3.05, 3.63) is 145 Å². The molecule has 6 heteroatoms. The normalized spacial score (nSPS) is 11.3. The van der Waals surface area contributed by atoms with Crippen LogP contribution in [0.2, 0.25) is 0 Å². The second-order valence-corrected chi connectivity index (χ2v) is 14.5. The molecule has 0 saturated carbocycles. The van der Waals surface area contributed by atoms with Crippen LogP contribution >= 0.6 is 7.26 Å². The molecule has 5 rings (SSSR count). The van der Waals surface area contributed by atoms with Crippen molar-refractivity contribution in [2.45, 2.75) is 26.7 Å². The largest absolute Gasteiger partial charge is 0.493 e. The fraction of sp³-hybridized carbons (Fsp3) is 0.150. The van der Waals surface area contributed by atoms with Crippen molar-refractivity contribution < 1.29 is 23.8 Å². The van der Waals surface area contributed by atoms with Crippen molar-refractivity contribution in [2.24, 2.45) is 0 Å². The zero-order valence-electron chi connectivity index (χ0n) is 26.2. The zero-order chi connectivity index (χ0) is 32.2. The lowest BCUT2D eigenvalue weighted by molar-refractivity contribution is -0.132. The average molecular weight is 630 g/mol. The molecule has 0 aliphatic carbocycles. The van der Waals surface area contributed by atoms with Crippen LogP contribution in [0.4, 0.5) is 0 Å². The van der Waals surface area contributed by atoms with Crippen LogP contribution in [0.3, 0.4) is 0 Å². The van der Waals surface area contributed by atoms with Crippen LogP contribution in [0.1, 0.15) is 37.8 Å². The molecule has 232 valence electrons. The molecule has 0 radical (unpaired) electrons. The van der Waals surface area contributed by atoms with Crippen molar-refractivity contribution in [2.75, 3.05) is 12.8 Å². The number of esters is 2. The monoisotopic (exact) mass is 629 g/mol. The smallest absolute Gasteiger partial charge is 0.308 e. The van der Waals surface area contributed by atoms with Gasteiger partial charge in [-0.15, -0.1) is 0 Å². The van der Waals surface area contributed by atoms with E-state index in [-0.39, 0.29) is 5.97 Å². The van der Waals surface area contributed by atoms with Crippen molar-refractivity contribution in [1.29, 1.82) is 0 Å². The van der Waals surface area contributed by atoms with Gasteiger partial charge in [0, 0.05) is 19.9 Å². The third-order valence-corrected chi connectivity index (χ3v) is 12.0. The molecule has 5 nitrogen and oxygen atoms in total. The van der Waals surface area contributed by atoms with Crippen LogP contribution < -0.4 is 30.1 Å². The maximum Gasteiger partial charge on any atom is 0.308 e. The van der Waals surface area contributed by atoms with Gasteiger partial charge in [0.05, 0.1) is 12.8 Å². The molecule has 0 aliphatic heterocycles. The van der Waals surface area contributed by atoms with E-state index in [1.807, 2.05) is 30.4 Å². The zero-order valence-corrected chi connectivity index (χ0v) is 27.1. The molecular formula is C40H38O5P+. The number of rotatable bonds is 13. The van der Waals surface area contributed by atoms with E-state index in [0.29, 0.717) is 23.9 Å².